The summed E-state index contributed by atoms with van der Waals surface area (Å²) in [7, 11) is 0. The third kappa shape index (κ3) is 3.46. The number of aromatic nitrogens is 4. The number of hydrogen-bond donors (Lipinski definition) is 1. The Morgan fingerprint density at radius 3 is 2.44 bits per heavy atom. The molecule has 0 atom stereocenters. The molecule has 2 aromatic carbocycles. The van der Waals surface area contributed by atoms with Crippen LogP contribution in [0.25, 0.3) is 22.6 Å². The van der Waals surface area contributed by atoms with Crippen molar-refractivity contribution in [2.45, 2.75) is 26.5 Å². The topological polar surface area (TPSA) is 73.1 Å². The molecule has 0 bridgehead atoms. The number of ether oxygens (including phenoxy) is 1. The van der Waals surface area contributed by atoms with E-state index in [9.17, 15) is 5.11 Å². The number of fused-ring (bicyclic) bond motifs is 1. The average Bonchev–Trinajstić information content (AvgIpc) is 3.02. The van der Waals surface area contributed by atoms with Gasteiger partial charge in [0.05, 0.1) is 12.6 Å². The zero-order chi connectivity index (χ0) is 18.8. The van der Waals surface area contributed by atoms with Crippen molar-refractivity contribution >= 4 is 11.2 Å². The first kappa shape index (κ1) is 17.0. The van der Waals surface area contributed by atoms with E-state index in [0.29, 0.717) is 23.6 Å². The van der Waals surface area contributed by atoms with Gasteiger partial charge in [0.15, 0.2) is 11.2 Å². The van der Waals surface area contributed by atoms with Crippen LogP contribution in [0.3, 0.4) is 0 Å². The lowest BCUT2D eigenvalue weighted by atomic mass is 10.2. The maximum absolute atomic E-state index is 9.62. The van der Waals surface area contributed by atoms with Gasteiger partial charge in [0.25, 0.3) is 0 Å². The molecule has 4 rings (SSSR count). The van der Waals surface area contributed by atoms with E-state index < -0.39 is 0 Å². The van der Waals surface area contributed by atoms with Gasteiger partial charge in [-0.1, -0.05) is 30.3 Å². The van der Waals surface area contributed by atoms with Crippen molar-refractivity contribution in [2.24, 2.45) is 0 Å². The number of phenols is 1. The molecule has 1 N–H and O–H groups in total. The summed E-state index contributed by atoms with van der Waals surface area (Å²) in [5.74, 6) is 1.44. The number of aromatic hydroxyl groups is 1. The lowest BCUT2D eigenvalue weighted by molar-refractivity contribution is 0.235. The summed E-state index contributed by atoms with van der Waals surface area (Å²) in [6, 6.07) is 17.1. The first-order chi connectivity index (χ1) is 13.1. The molecule has 0 radical (unpaired) electrons. The zero-order valence-corrected chi connectivity index (χ0v) is 15.2. The van der Waals surface area contributed by atoms with E-state index in [1.54, 1.807) is 12.1 Å². The Bertz CT molecular complexity index is 1060. The Kier molecular flexibility index (Phi) is 4.46. The Morgan fingerprint density at radius 2 is 1.74 bits per heavy atom. The molecule has 0 amide bonds. The number of benzene rings is 2. The quantitative estimate of drug-likeness (QED) is 0.582. The van der Waals surface area contributed by atoms with Crippen LogP contribution in [0.1, 0.15) is 19.4 Å². The molecule has 0 saturated heterocycles. The summed E-state index contributed by atoms with van der Waals surface area (Å²) in [5, 5.41) is 9.62. The smallest absolute Gasteiger partial charge is 0.245 e. The lowest BCUT2D eigenvalue weighted by Gasteiger charge is -2.10. The van der Waals surface area contributed by atoms with Gasteiger partial charge in [-0.15, -0.1) is 0 Å². The van der Waals surface area contributed by atoms with Crippen LogP contribution in [0.4, 0.5) is 0 Å². The van der Waals surface area contributed by atoms with E-state index in [0.717, 1.165) is 17.0 Å². The minimum atomic E-state index is -0.0144. The summed E-state index contributed by atoms with van der Waals surface area (Å²) in [5.41, 5.74) is 3.37. The predicted molar refractivity (Wildman–Crippen MR) is 104 cm³/mol. The fourth-order valence-corrected chi connectivity index (χ4v) is 2.97. The summed E-state index contributed by atoms with van der Waals surface area (Å²) in [4.78, 5) is 13.5. The maximum Gasteiger partial charge on any atom is 0.245 e. The molecule has 6 heteroatoms. The van der Waals surface area contributed by atoms with Gasteiger partial charge in [-0.25, -0.2) is 9.97 Å². The van der Waals surface area contributed by atoms with Gasteiger partial charge in [-0.3, -0.25) is 0 Å². The van der Waals surface area contributed by atoms with Crippen molar-refractivity contribution in [1.82, 2.24) is 19.5 Å². The second-order valence-electron chi connectivity index (χ2n) is 6.57. The van der Waals surface area contributed by atoms with Gasteiger partial charge < -0.3 is 14.4 Å². The maximum atomic E-state index is 9.62. The number of hydrogen-bond acceptors (Lipinski definition) is 5. The largest absolute Gasteiger partial charge is 0.508 e. The molecule has 0 aliphatic carbocycles. The van der Waals surface area contributed by atoms with Gasteiger partial charge in [-0.05, 0) is 43.7 Å². The molecule has 2 aromatic heterocycles. The molecular formula is C21H20N4O2. The minimum absolute atomic E-state index is 0.0144. The zero-order valence-electron chi connectivity index (χ0n) is 15.2. The van der Waals surface area contributed by atoms with Crippen LogP contribution in [-0.2, 0) is 6.54 Å². The number of rotatable bonds is 5. The molecule has 0 saturated carbocycles. The third-order valence-corrected chi connectivity index (χ3v) is 4.15. The van der Waals surface area contributed by atoms with Crippen molar-refractivity contribution in [2.75, 3.05) is 0 Å². The molecule has 6 nitrogen and oxygen atoms in total. The highest BCUT2D eigenvalue weighted by Gasteiger charge is 2.19. The van der Waals surface area contributed by atoms with Crippen LogP contribution in [-0.4, -0.2) is 30.7 Å². The molecule has 27 heavy (non-hydrogen) atoms. The summed E-state index contributed by atoms with van der Waals surface area (Å²) in [6.07, 6.45) is 1.49. The Balaban J connectivity index is 1.91. The fourth-order valence-electron chi connectivity index (χ4n) is 2.97. The van der Waals surface area contributed by atoms with Gasteiger partial charge in [0.1, 0.15) is 17.9 Å². The average molecular weight is 360 g/mol. The van der Waals surface area contributed by atoms with Crippen LogP contribution in [0.15, 0.2) is 60.9 Å². The summed E-state index contributed by atoms with van der Waals surface area (Å²) in [6.45, 7) is 4.53. The van der Waals surface area contributed by atoms with E-state index >= 15 is 0 Å². The Labute approximate surface area is 157 Å². The molecule has 0 aliphatic heterocycles. The third-order valence-electron chi connectivity index (χ3n) is 4.15. The van der Waals surface area contributed by atoms with Gasteiger partial charge in [0, 0.05) is 5.56 Å². The summed E-state index contributed by atoms with van der Waals surface area (Å²) >= 11 is 0. The first-order valence-corrected chi connectivity index (χ1v) is 8.83. The van der Waals surface area contributed by atoms with Gasteiger partial charge in [0.2, 0.25) is 5.88 Å². The second kappa shape index (κ2) is 7.07. The van der Waals surface area contributed by atoms with Crippen LogP contribution in [0.2, 0.25) is 0 Å². The SMILES string of the molecule is CC(C)Oc1ncnc2c1nc(-c1ccc(O)cc1)n2Cc1ccccc1. The molecule has 2 heterocycles. The van der Waals surface area contributed by atoms with Gasteiger partial charge >= 0.3 is 0 Å². The molecular weight excluding hydrogens is 340 g/mol. The van der Waals surface area contributed by atoms with E-state index in [-0.39, 0.29) is 11.9 Å². The van der Waals surface area contributed by atoms with Crippen molar-refractivity contribution in [3.63, 3.8) is 0 Å². The van der Waals surface area contributed by atoms with Crippen molar-refractivity contribution in [3.05, 3.63) is 66.5 Å². The highest BCUT2D eigenvalue weighted by molar-refractivity contribution is 5.81. The Hall–Kier alpha value is -3.41. The van der Waals surface area contributed by atoms with Crippen molar-refractivity contribution in [1.29, 1.82) is 0 Å². The van der Waals surface area contributed by atoms with Crippen LogP contribution in [0.5, 0.6) is 11.6 Å². The summed E-state index contributed by atoms with van der Waals surface area (Å²) < 4.78 is 7.88. The second-order valence-corrected chi connectivity index (χ2v) is 6.57. The molecule has 4 aromatic rings. The highest BCUT2D eigenvalue weighted by Crippen LogP contribution is 2.29. The monoisotopic (exact) mass is 360 g/mol. The van der Waals surface area contributed by atoms with Crippen molar-refractivity contribution < 1.29 is 9.84 Å². The predicted octanol–water partition coefficient (Wildman–Crippen LogP) is 4.03. The normalized spacial score (nSPS) is 11.2. The minimum Gasteiger partial charge on any atom is -0.508 e. The standard InChI is InChI=1S/C21H20N4O2/c1-14(2)27-21-18-20(22-13-23-21)25(12-15-6-4-3-5-7-15)19(24-18)16-8-10-17(26)11-9-16/h3-11,13-14,26H,12H2,1-2H3. The Morgan fingerprint density at radius 1 is 1.00 bits per heavy atom. The van der Waals surface area contributed by atoms with Crippen molar-refractivity contribution in [3.8, 4) is 23.0 Å². The van der Waals surface area contributed by atoms with E-state index in [4.69, 9.17) is 9.72 Å². The highest BCUT2D eigenvalue weighted by atomic mass is 16.5. The van der Waals surface area contributed by atoms with E-state index in [1.165, 1.54) is 6.33 Å². The van der Waals surface area contributed by atoms with Crippen LogP contribution in [0, 0.1) is 0 Å². The fraction of sp³-hybridized carbons (Fsp3) is 0.190. The number of nitrogens with zero attached hydrogens (tertiary/aromatic N) is 4. The first-order valence-electron chi connectivity index (χ1n) is 8.83. The lowest BCUT2D eigenvalue weighted by Crippen LogP contribution is -2.08. The molecule has 136 valence electrons. The van der Waals surface area contributed by atoms with E-state index in [2.05, 4.69) is 22.1 Å². The number of imidazole rings is 1. The molecule has 0 aliphatic rings. The molecule has 0 fully saturated rings. The molecule has 0 spiro atoms. The van der Waals surface area contributed by atoms with Crippen LogP contribution < -0.4 is 4.74 Å². The number of phenolic OH excluding ortho intramolecular Hbond substituents is 1. The van der Waals surface area contributed by atoms with E-state index in [1.807, 2.05) is 48.7 Å². The molecule has 0 unspecified atom stereocenters. The van der Waals surface area contributed by atoms with Crippen LogP contribution >= 0.6 is 0 Å². The van der Waals surface area contributed by atoms with Gasteiger partial charge in [-0.2, -0.15) is 4.98 Å².